The zero-order valence-electron chi connectivity index (χ0n) is 12.4. The number of aromatic nitrogens is 1. The molecule has 0 radical (unpaired) electrons. The van der Waals surface area contributed by atoms with Crippen LogP contribution in [0.5, 0.6) is 0 Å². The summed E-state index contributed by atoms with van der Waals surface area (Å²) in [7, 11) is 1.81. The molecule has 2 rings (SSSR count). The third-order valence-corrected chi connectivity index (χ3v) is 5.63. The second-order valence-corrected chi connectivity index (χ2v) is 7.52. The Morgan fingerprint density at radius 2 is 2.29 bits per heavy atom. The molecule has 0 unspecified atom stereocenters. The quantitative estimate of drug-likeness (QED) is 0.871. The third kappa shape index (κ3) is 4.72. The number of thiazole rings is 1. The molecule has 2 aromatic rings. The number of hydrogen-bond donors (Lipinski definition) is 1. The van der Waals surface area contributed by atoms with Crippen LogP contribution >= 0.6 is 34.4 Å². The predicted molar refractivity (Wildman–Crippen MR) is 92.1 cm³/mol. The molecule has 0 aromatic carbocycles. The Morgan fingerprint density at radius 3 is 2.95 bits per heavy atom. The van der Waals surface area contributed by atoms with Gasteiger partial charge in [0.05, 0.1) is 18.8 Å². The number of carbonyl (C=O) groups is 1. The summed E-state index contributed by atoms with van der Waals surface area (Å²) in [6.45, 7) is 3.20. The van der Waals surface area contributed by atoms with E-state index in [0.717, 1.165) is 16.5 Å². The fourth-order valence-corrected chi connectivity index (χ4v) is 4.25. The molecule has 0 aliphatic heterocycles. The molecule has 2 heterocycles. The lowest BCUT2D eigenvalue weighted by atomic mass is 10.3. The Hall–Kier alpha value is -1.05. The first-order chi connectivity index (χ1) is 10.1. The van der Waals surface area contributed by atoms with Crippen molar-refractivity contribution in [2.45, 2.75) is 25.8 Å². The van der Waals surface area contributed by atoms with Crippen LogP contribution in [0.25, 0.3) is 0 Å². The molecule has 0 aliphatic rings. The lowest BCUT2D eigenvalue weighted by molar-refractivity contribution is 0.206. The summed E-state index contributed by atoms with van der Waals surface area (Å²) in [6.07, 6.45) is 2.06. The summed E-state index contributed by atoms with van der Waals surface area (Å²) in [5.41, 5.74) is 2.17. The van der Waals surface area contributed by atoms with Crippen LogP contribution in [0.2, 0.25) is 0 Å². The molecule has 114 valence electrons. The fraction of sp³-hybridized carbons (Fsp3) is 0.429. The molecule has 1 N–H and O–H groups in total. The van der Waals surface area contributed by atoms with Gasteiger partial charge in [0.15, 0.2) is 0 Å². The van der Waals surface area contributed by atoms with E-state index in [1.807, 2.05) is 12.4 Å². The van der Waals surface area contributed by atoms with Crippen LogP contribution in [0.1, 0.15) is 21.1 Å². The Labute approximate surface area is 137 Å². The van der Waals surface area contributed by atoms with Gasteiger partial charge in [0.25, 0.3) is 0 Å². The second kappa shape index (κ2) is 7.82. The van der Waals surface area contributed by atoms with Gasteiger partial charge < -0.3 is 10.2 Å². The predicted octanol–water partition coefficient (Wildman–Crippen LogP) is 3.72. The van der Waals surface area contributed by atoms with Gasteiger partial charge >= 0.3 is 6.03 Å². The molecule has 0 atom stereocenters. The van der Waals surface area contributed by atoms with Crippen molar-refractivity contribution in [2.75, 3.05) is 13.3 Å². The minimum absolute atomic E-state index is 0.0674. The highest BCUT2D eigenvalue weighted by Gasteiger charge is 2.11. The number of thiophene rings is 1. The highest BCUT2D eigenvalue weighted by molar-refractivity contribution is 7.97. The molecule has 0 saturated heterocycles. The first kappa shape index (κ1) is 16.3. The van der Waals surface area contributed by atoms with E-state index in [1.165, 1.54) is 10.4 Å². The van der Waals surface area contributed by atoms with E-state index in [0.29, 0.717) is 13.1 Å². The highest BCUT2D eigenvalue weighted by Crippen LogP contribution is 2.17. The van der Waals surface area contributed by atoms with Crippen molar-refractivity contribution in [3.05, 3.63) is 38.0 Å². The topological polar surface area (TPSA) is 45.2 Å². The highest BCUT2D eigenvalue weighted by atomic mass is 32.2. The smallest absolute Gasteiger partial charge is 0.317 e. The second-order valence-electron chi connectivity index (χ2n) is 4.71. The normalized spacial score (nSPS) is 10.6. The van der Waals surface area contributed by atoms with Crippen LogP contribution in [0, 0.1) is 6.92 Å². The average Bonchev–Trinajstić information content (AvgIpc) is 3.06. The summed E-state index contributed by atoms with van der Waals surface area (Å²) in [6, 6.07) is 2.01. The maximum atomic E-state index is 12.1. The average molecular weight is 342 g/mol. The lowest BCUT2D eigenvalue weighted by Crippen LogP contribution is -2.36. The molecule has 0 saturated carbocycles. The zero-order chi connectivity index (χ0) is 15.2. The maximum absolute atomic E-state index is 12.1. The van der Waals surface area contributed by atoms with E-state index in [2.05, 4.69) is 34.9 Å². The van der Waals surface area contributed by atoms with Crippen LogP contribution in [0.3, 0.4) is 0 Å². The molecule has 2 amide bonds. The van der Waals surface area contributed by atoms with Crippen molar-refractivity contribution in [1.82, 2.24) is 15.2 Å². The number of urea groups is 1. The van der Waals surface area contributed by atoms with Crippen LogP contribution in [-0.4, -0.2) is 29.2 Å². The summed E-state index contributed by atoms with van der Waals surface area (Å²) in [4.78, 5) is 19.5. The molecule has 2 aromatic heterocycles. The molecule has 0 spiro atoms. The van der Waals surface area contributed by atoms with Gasteiger partial charge in [-0.2, -0.15) is 11.8 Å². The number of nitrogens with one attached hydrogen (secondary N) is 1. The summed E-state index contributed by atoms with van der Waals surface area (Å²) >= 11 is 5.08. The van der Waals surface area contributed by atoms with Gasteiger partial charge in [-0.05, 0) is 30.2 Å². The number of amides is 2. The van der Waals surface area contributed by atoms with E-state index < -0.39 is 0 Å². The molecule has 7 heteroatoms. The van der Waals surface area contributed by atoms with Crippen molar-refractivity contribution in [3.63, 3.8) is 0 Å². The standard InChI is InChI=1S/C14H19N3OS3/c1-10-4-5-20-12(10)7-17(2)14(18)15-6-11-8-21-13(16-11)9-19-3/h4-5,8H,6-7,9H2,1-3H3,(H,15,18). The number of rotatable bonds is 6. The van der Waals surface area contributed by atoms with Crippen molar-refractivity contribution in [2.24, 2.45) is 0 Å². The molecule has 0 fully saturated rings. The molecule has 21 heavy (non-hydrogen) atoms. The zero-order valence-corrected chi connectivity index (χ0v) is 14.8. The minimum atomic E-state index is -0.0674. The van der Waals surface area contributed by atoms with Crippen LogP contribution < -0.4 is 5.32 Å². The minimum Gasteiger partial charge on any atom is -0.332 e. The van der Waals surface area contributed by atoms with Gasteiger partial charge in [0, 0.05) is 23.1 Å². The van der Waals surface area contributed by atoms with Gasteiger partial charge in [-0.25, -0.2) is 9.78 Å². The van der Waals surface area contributed by atoms with Crippen molar-refractivity contribution >= 4 is 40.5 Å². The van der Waals surface area contributed by atoms with Gasteiger partial charge in [-0.1, -0.05) is 0 Å². The summed E-state index contributed by atoms with van der Waals surface area (Å²) < 4.78 is 0. The monoisotopic (exact) mass is 341 g/mol. The van der Waals surface area contributed by atoms with Crippen LogP contribution in [-0.2, 0) is 18.8 Å². The number of nitrogens with zero attached hydrogens (tertiary/aromatic N) is 2. The first-order valence-corrected chi connectivity index (χ1v) is 9.69. The van der Waals surface area contributed by atoms with Crippen LogP contribution in [0.15, 0.2) is 16.8 Å². The Balaban J connectivity index is 1.81. The first-order valence-electron chi connectivity index (χ1n) is 6.54. The van der Waals surface area contributed by atoms with E-state index in [1.54, 1.807) is 39.3 Å². The number of carbonyl (C=O) groups excluding carboxylic acids is 1. The van der Waals surface area contributed by atoms with Gasteiger partial charge in [-0.15, -0.1) is 22.7 Å². The van der Waals surface area contributed by atoms with E-state index >= 15 is 0 Å². The van der Waals surface area contributed by atoms with E-state index in [-0.39, 0.29) is 6.03 Å². The van der Waals surface area contributed by atoms with Crippen LogP contribution in [0.4, 0.5) is 4.79 Å². The van der Waals surface area contributed by atoms with E-state index in [9.17, 15) is 4.79 Å². The molecule has 0 aliphatic carbocycles. The Bertz CT molecular complexity index is 594. The van der Waals surface area contributed by atoms with Crippen molar-refractivity contribution in [1.29, 1.82) is 0 Å². The SMILES string of the molecule is CSCc1nc(CNC(=O)N(C)Cc2sccc2C)cs1. The lowest BCUT2D eigenvalue weighted by Gasteiger charge is -2.17. The maximum Gasteiger partial charge on any atom is 0.317 e. The fourth-order valence-electron chi connectivity index (χ4n) is 1.77. The summed E-state index contributed by atoms with van der Waals surface area (Å²) in [5, 5.41) is 8.08. The molecular weight excluding hydrogens is 322 g/mol. The van der Waals surface area contributed by atoms with Gasteiger partial charge in [-0.3, -0.25) is 0 Å². The van der Waals surface area contributed by atoms with Gasteiger partial charge in [0.1, 0.15) is 5.01 Å². The largest absolute Gasteiger partial charge is 0.332 e. The van der Waals surface area contributed by atoms with E-state index in [4.69, 9.17) is 0 Å². The number of thioether (sulfide) groups is 1. The molecular formula is C14H19N3OS3. The van der Waals surface area contributed by atoms with Crippen molar-refractivity contribution < 1.29 is 4.79 Å². The Kier molecular flexibility index (Phi) is 6.08. The third-order valence-electron chi connectivity index (χ3n) is 2.98. The Morgan fingerprint density at radius 1 is 1.48 bits per heavy atom. The number of aryl methyl sites for hydroxylation is 1. The summed E-state index contributed by atoms with van der Waals surface area (Å²) in [5.74, 6) is 0.927. The van der Waals surface area contributed by atoms with Crippen molar-refractivity contribution in [3.8, 4) is 0 Å². The van der Waals surface area contributed by atoms with Gasteiger partial charge in [0.2, 0.25) is 0 Å². The molecule has 0 bridgehead atoms. The molecule has 4 nitrogen and oxygen atoms in total. The number of hydrogen-bond acceptors (Lipinski definition) is 5.